The van der Waals surface area contributed by atoms with E-state index in [1.165, 1.54) is 27.4 Å². The summed E-state index contributed by atoms with van der Waals surface area (Å²) >= 11 is 2.65. The molecule has 1 amide bonds. The monoisotopic (exact) mass is 490 g/mol. The minimum atomic E-state index is -3.65. The number of thiophene rings is 1. The number of aromatic nitrogens is 1. The van der Waals surface area contributed by atoms with Gasteiger partial charge >= 0.3 is 0 Å². The number of carbonyl (C=O) groups excluding carboxylic acids is 1. The molecule has 2 aromatic heterocycles. The average Bonchev–Trinajstić information content (AvgIpc) is 3.58. The number of thioether (sulfide) groups is 1. The number of H-pyrrole nitrogens is 1. The Labute approximate surface area is 194 Å². The van der Waals surface area contributed by atoms with Gasteiger partial charge in [-0.25, -0.2) is 8.42 Å². The molecular weight excluding hydrogens is 468 g/mol. The van der Waals surface area contributed by atoms with Crippen molar-refractivity contribution in [2.24, 2.45) is 4.99 Å². The molecule has 1 unspecified atom stereocenters. The van der Waals surface area contributed by atoms with Crippen LogP contribution in [0.25, 0.3) is 10.9 Å². The Morgan fingerprint density at radius 2 is 2.06 bits per heavy atom. The number of para-hydroxylation sites is 1. The van der Waals surface area contributed by atoms with Gasteiger partial charge in [0, 0.05) is 25.5 Å². The zero-order valence-corrected chi connectivity index (χ0v) is 19.8. The van der Waals surface area contributed by atoms with Gasteiger partial charge in [-0.2, -0.15) is 0 Å². The summed E-state index contributed by atoms with van der Waals surface area (Å²) in [5.41, 5.74) is 2.07. The number of benzene rings is 1. The smallest absolute Gasteiger partial charge is 0.273 e. The van der Waals surface area contributed by atoms with Crippen LogP contribution in [-0.4, -0.2) is 74.4 Å². The quantitative estimate of drug-likeness (QED) is 0.594. The van der Waals surface area contributed by atoms with Crippen LogP contribution in [0.2, 0.25) is 0 Å². The second-order valence-electron chi connectivity index (χ2n) is 7.52. The predicted octanol–water partition coefficient (Wildman–Crippen LogP) is 2.78. The number of ether oxygens (including phenoxy) is 1. The highest BCUT2D eigenvalue weighted by molar-refractivity contribution is 8.15. The molecule has 0 bridgehead atoms. The maximum Gasteiger partial charge on any atom is 0.273 e. The van der Waals surface area contributed by atoms with E-state index in [2.05, 4.69) is 9.98 Å². The lowest BCUT2D eigenvalue weighted by atomic mass is 10.2. The Morgan fingerprint density at radius 3 is 2.81 bits per heavy atom. The first-order valence-electron chi connectivity index (χ1n) is 10.2. The van der Waals surface area contributed by atoms with E-state index < -0.39 is 10.0 Å². The summed E-state index contributed by atoms with van der Waals surface area (Å²) in [4.78, 5) is 22.6. The molecule has 1 N–H and O–H groups in total. The van der Waals surface area contributed by atoms with Crippen molar-refractivity contribution < 1.29 is 17.9 Å². The third kappa shape index (κ3) is 3.83. The second-order valence-corrected chi connectivity index (χ2v) is 11.9. The van der Waals surface area contributed by atoms with E-state index in [0.717, 1.165) is 21.6 Å². The van der Waals surface area contributed by atoms with Crippen molar-refractivity contribution in [1.82, 2.24) is 9.88 Å². The fourth-order valence-corrected chi connectivity index (χ4v) is 7.26. The zero-order valence-electron chi connectivity index (χ0n) is 17.4. The number of hydrogen-bond donors (Lipinski definition) is 1. The Kier molecular flexibility index (Phi) is 5.74. The van der Waals surface area contributed by atoms with Crippen LogP contribution < -0.4 is 4.31 Å². The van der Waals surface area contributed by atoms with E-state index in [4.69, 9.17) is 4.74 Å². The van der Waals surface area contributed by atoms with Gasteiger partial charge in [0.1, 0.15) is 14.5 Å². The lowest BCUT2D eigenvalue weighted by molar-refractivity contribution is -0.134. The molecule has 5 rings (SSSR count). The third-order valence-corrected chi connectivity index (χ3v) is 9.92. The molecule has 1 atom stereocenters. The Hall–Kier alpha value is -2.34. The number of morpholine rings is 1. The Balaban J connectivity index is 1.40. The Bertz CT molecular complexity index is 1280. The van der Waals surface area contributed by atoms with Crippen molar-refractivity contribution in [1.29, 1.82) is 0 Å². The average molecular weight is 491 g/mol. The zero-order chi connectivity index (χ0) is 22.3. The molecule has 168 valence electrons. The predicted molar refractivity (Wildman–Crippen MR) is 128 cm³/mol. The van der Waals surface area contributed by atoms with Crippen LogP contribution in [0, 0.1) is 0 Å². The molecule has 2 aliphatic heterocycles. The largest absolute Gasteiger partial charge is 0.378 e. The number of hydrogen-bond acceptors (Lipinski definition) is 7. The van der Waals surface area contributed by atoms with Crippen LogP contribution in [0.5, 0.6) is 0 Å². The first-order valence-corrected chi connectivity index (χ1v) is 13.4. The fourth-order valence-electron chi connectivity index (χ4n) is 3.83. The molecule has 8 nitrogen and oxygen atoms in total. The van der Waals surface area contributed by atoms with Crippen LogP contribution in [0.3, 0.4) is 0 Å². The van der Waals surface area contributed by atoms with E-state index in [1.54, 1.807) is 30.6 Å². The normalized spacial score (nSPS) is 19.3. The minimum absolute atomic E-state index is 0.0932. The van der Waals surface area contributed by atoms with Crippen molar-refractivity contribution in [3.8, 4) is 0 Å². The molecule has 1 aromatic carbocycles. The van der Waals surface area contributed by atoms with E-state index in [9.17, 15) is 13.2 Å². The van der Waals surface area contributed by atoms with Gasteiger partial charge in [0.2, 0.25) is 5.91 Å². The van der Waals surface area contributed by atoms with E-state index in [1.807, 2.05) is 23.1 Å². The highest BCUT2D eigenvalue weighted by Crippen LogP contribution is 2.34. The number of nitrogens with zero attached hydrogens (tertiary/aromatic N) is 3. The number of aliphatic imine (C=N–C) groups is 1. The summed E-state index contributed by atoms with van der Waals surface area (Å²) in [6.07, 6.45) is 0. The number of rotatable bonds is 5. The number of nitrogens with one attached hydrogen (secondary N) is 1. The molecule has 0 aliphatic carbocycles. The Morgan fingerprint density at radius 1 is 1.25 bits per heavy atom. The molecule has 1 saturated heterocycles. The van der Waals surface area contributed by atoms with Gasteiger partial charge in [-0.1, -0.05) is 30.0 Å². The molecule has 3 aromatic rings. The summed E-state index contributed by atoms with van der Waals surface area (Å²) in [6.45, 7) is 2.82. The molecule has 32 heavy (non-hydrogen) atoms. The number of fused-ring (bicyclic) bond motifs is 1. The molecule has 0 spiro atoms. The number of anilines is 1. The van der Waals surface area contributed by atoms with Crippen molar-refractivity contribution in [2.75, 3.05) is 44.2 Å². The molecule has 11 heteroatoms. The van der Waals surface area contributed by atoms with Crippen molar-refractivity contribution in [3.63, 3.8) is 0 Å². The van der Waals surface area contributed by atoms with Gasteiger partial charge in [-0.05, 0) is 23.6 Å². The number of amides is 1. The first kappa shape index (κ1) is 21.5. The summed E-state index contributed by atoms with van der Waals surface area (Å²) in [7, 11) is -2.09. The summed E-state index contributed by atoms with van der Waals surface area (Å²) in [6, 6.07) is 10.8. The molecule has 2 aliphatic rings. The van der Waals surface area contributed by atoms with Crippen molar-refractivity contribution in [3.05, 3.63) is 47.5 Å². The van der Waals surface area contributed by atoms with Crippen LogP contribution in [0.4, 0.5) is 5.69 Å². The summed E-state index contributed by atoms with van der Waals surface area (Å²) < 4.78 is 33.0. The lowest BCUT2D eigenvalue weighted by Crippen LogP contribution is -2.45. The van der Waals surface area contributed by atoms with Crippen LogP contribution in [0.15, 0.2) is 51.0 Å². The maximum atomic E-state index is 13.0. The first-order chi connectivity index (χ1) is 15.4. The van der Waals surface area contributed by atoms with E-state index in [0.29, 0.717) is 42.7 Å². The molecule has 0 radical (unpaired) electrons. The van der Waals surface area contributed by atoms with Gasteiger partial charge in [-0.15, -0.1) is 11.3 Å². The van der Waals surface area contributed by atoms with Crippen molar-refractivity contribution >= 4 is 60.7 Å². The fraction of sp³-hybridized carbons (Fsp3) is 0.333. The lowest BCUT2D eigenvalue weighted by Gasteiger charge is -2.28. The molecule has 4 heterocycles. The van der Waals surface area contributed by atoms with Crippen LogP contribution >= 0.6 is 23.1 Å². The van der Waals surface area contributed by atoms with Crippen LogP contribution in [-0.2, 0) is 19.6 Å². The third-order valence-electron chi connectivity index (χ3n) is 5.57. The molecule has 1 fully saturated rings. The standard InChI is InChI=1S/C21H22N4O4S3/c1-24(32(27,28)18-6-3-11-30-18)16-5-2-4-14-12-15(23-19(14)16)20-22-13-17(31-20)21(26)25-7-9-29-10-8-25/h2-6,11-12,17,23H,7-10,13H2,1H3. The van der Waals surface area contributed by atoms with Crippen LogP contribution in [0.1, 0.15) is 5.69 Å². The van der Waals surface area contributed by atoms with Gasteiger partial charge in [-0.3, -0.25) is 14.1 Å². The van der Waals surface area contributed by atoms with Gasteiger partial charge in [0.05, 0.1) is 36.7 Å². The summed E-state index contributed by atoms with van der Waals surface area (Å²) in [5, 5.41) is 3.16. The highest BCUT2D eigenvalue weighted by atomic mass is 32.2. The van der Waals surface area contributed by atoms with Crippen molar-refractivity contribution in [2.45, 2.75) is 9.46 Å². The van der Waals surface area contributed by atoms with Gasteiger partial charge in [0.15, 0.2) is 0 Å². The topological polar surface area (TPSA) is 95.1 Å². The van der Waals surface area contributed by atoms with Gasteiger partial charge < -0.3 is 14.6 Å². The van der Waals surface area contributed by atoms with E-state index >= 15 is 0 Å². The SMILES string of the molecule is CN(c1cccc2cc(C3=NCC(C(=O)N4CCOCC4)S3)[nH]c12)S(=O)(=O)c1cccs1. The molecule has 0 saturated carbocycles. The van der Waals surface area contributed by atoms with E-state index in [-0.39, 0.29) is 11.2 Å². The number of carbonyl (C=O) groups is 1. The highest BCUT2D eigenvalue weighted by Gasteiger charge is 2.32. The van der Waals surface area contributed by atoms with Gasteiger partial charge in [0.25, 0.3) is 10.0 Å². The molecular formula is C21H22N4O4S3. The second kappa shape index (κ2) is 8.54. The minimum Gasteiger partial charge on any atom is -0.378 e. The number of sulfonamides is 1. The maximum absolute atomic E-state index is 13.0. The number of aromatic amines is 1. The summed E-state index contributed by atoms with van der Waals surface area (Å²) in [5.74, 6) is 0.0932.